The van der Waals surface area contributed by atoms with Gasteiger partial charge in [-0.2, -0.15) is 26.3 Å². The fourth-order valence-electron chi connectivity index (χ4n) is 6.18. The minimum atomic E-state index is -5.85. The number of nitrogen functional groups attached to an aromatic ring is 2. The fourth-order valence-corrected chi connectivity index (χ4v) is 6.18. The molecule has 6 aromatic carbocycles. The van der Waals surface area contributed by atoms with Gasteiger partial charge in [0.25, 0.3) is 0 Å². The van der Waals surface area contributed by atoms with Gasteiger partial charge in [0.1, 0.15) is 23.0 Å². The van der Waals surface area contributed by atoms with E-state index in [2.05, 4.69) is 0 Å². The molecule has 0 bridgehead atoms. The van der Waals surface area contributed by atoms with Crippen molar-refractivity contribution in [2.75, 3.05) is 11.5 Å². The molecule has 0 saturated carbocycles. The maximum Gasteiger partial charge on any atom is 0.411 e. The summed E-state index contributed by atoms with van der Waals surface area (Å²) < 4.78 is 101. The maximum absolute atomic E-state index is 14.9. The Hall–Kier alpha value is -7.76. The van der Waals surface area contributed by atoms with Crippen LogP contribution in [0.1, 0.15) is 52.6 Å². The van der Waals surface area contributed by atoms with Crippen molar-refractivity contribution in [1.29, 1.82) is 0 Å². The van der Waals surface area contributed by atoms with E-state index in [1.165, 1.54) is 60.7 Å². The molecule has 59 heavy (non-hydrogen) atoms. The normalized spacial score (nSPS) is 11.6. The Morgan fingerprint density at radius 3 is 0.949 bits per heavy atom. The van der Waals surface area contributed by atoms with E-state index in [9.17, 15) is 45.5 Å². The Balaban J connectivity index is 0.000000256. The third kappa shape index (κ3) is 8.36. The summed E-state index contributed by atoms with van der Waals surface area (Å²) in [6.45, 7) is 0. The topological polar surface area (TPSA) is 220 Å². The van der Waals surface area contributed by atoms with Crippen molar-refractivity contribution in [2.45, 2.75) is 17.8 Å². The first-order chi connectivity index (χ1) is 27.7. The number of halogens is 6. The number of carbonyl (C=O) groups is 4. The zero-order valence-electron chi connectivity index (χ0n) is 29.7. The summed E-state index contributed by atoms with van der Waals surface area (Å²) in [7, 11) is 0. The molecule has 0 amide bonds. The third-order valence-corrected chi connectivity index (χ3v) is 8.73. The summed E-state index contributed by atoms with van der Waals surface area (Å²) in [5, 5.41) is 35.8. The summed E-state index contributed by atoms with van der Waals surface area (Å²) >= 11 is 0. The van der Waals surface area contributed by atoms with Gasteiger partial charge in [0.05, 0.1) is 22.3 Å². The first-order valence-corrected chi connectivity index (χ1v) is 16.6. The number of hydrogen-bond donors (Lipinski definition) is 6. The van der Waals surface area contributed by atoms with Crippen molar-refractivity contribution >= 4 is 46.0 Å². The molecule has 0 unspecified atom stereocenters. The summed E-state index contributed by atoms with van der Waals surface area (Å²) in [5.41, 5.74) is 3.18. The minimum Gasteiger partial charge on any atom is -0.478 e. The number of fused-ring (bicyclic) bond motifs is 1. The molecule has 8 N–H and O–H groups in total. The molecule has 0 heterocycles. The van der Waals surface area contributed by atoms with E-state index in [-0.39, 0.29) is 11.5 Å². The SMILES string of the molecule is Nc1ccc(Oc2ccccc2C(c2ccccc2Oc2ccc(N)cc2)(C(F)(F)F)C(F)(F)F)cc1.O=C(O)c1ccc(C(=O)O)c2c(C(=O)O)ccc(C(=O)O)c12. The van der Waals surface area contributed by atoms with E-state index < -0.39 is 97.3 Å². The summed E-state index contributed by atoms with van der Waals surface area (Å²) in [6.07, 6.45) is -11.7. The average molecular weight is 823 g/mol. The second kappa shape index (κ2) is 16.4. The van der Waals surface area contributed by atoms with E-state index >= 15 is 0 Å². The minimum absolute atomic E-state index is 0.00584. The second-order valence-corrected chi connectivity index (χ2v) is 12.4. The first-order valence-electron chi connectivity index (χ1n) is 16.6. The average Bonchev–Trinajstić information content (AvgIpc) is 3.16. The first kappa shape index (κ1) is 42.4. The molecule has 0 spiro atoms. The monoisotopic (exact) mass is 822 g/mol. The maximum atomic E-state index is 14.9. The number of benzene rings is 6. The van der Waals surface area contributed by atoms with Crippen LogP contribution in [0.25, 0.3) is 10.8 Å². The van der Waals surface area contributed by atoms with E-state index in [0.717, 1.165) is 60.7 Å². The van der Waals surface area contributed by atoms with E-state index in [4.69, 9.17) is 41.4 Å². The number of para-hydroxylation sites is 2. The van der Waals surface area contributed by atoms with Crippen LogP contribution in [0.2, 0.25) is 0 Å². The largest absolute Gasteiger partial charge is 0.478 e. The number of anilines is 2. The van der Waals surface area contributed by atoms with Crippen LogP contribution in [0.4, 0.5) is 37.7 Å². The van der Waals surface area contributed by atoms with Crippen LogP contribution in [0.3, 0.4) is 0 Å². The Morgan fingerprint density at radius 1 is 0.424 bits per heavy atom. The molecule has 0 atom stereocenters. The standard InChI is InChI=1S/C27H20F6N2O2.C14H8O8/c28-26(29,30)25(27(31,32)33,21-5-1-3-7-23(21)36-19-13-9-17(34)10-14-19)22-6-2-4-8-24(22)37-20-15-11-18(35)12-16-20;15-11(16)5-1-2-6(12(17)18)10-8(14(21)22)4-3-7(9(5)10)13(19)20/h1-16H,34-35H2;1-4H,(H,15,16)(H,17,18)(H,19,20)(H,21,22). The lowest BCUT2D eigenvalue weighted by atomic mass is 9.72. The molecule has 0 aliphatic carbocycles. The molecular formula is C41H28F6N2O10. The van der Waals surface area contributed by atoms with Crippen LogP contribution in [-0.2, 0) is 5.41 Å². The van der Waals surface area contributed by atoms with Gasteiger partial charge in [0, 0.05) is 33.3 Å². The molecule has 0 aliphatic heterocycles. The number of ether oxygens (including phenoxy) is 2. The van der Waals surface area contributed by atoms with Gasteiger partial charge in [-0.25, -0.2) is 19.2 Å². The highest BCUT2D eigenvalue weighted by molar-refractivity contribution is 6.21. The van der Waals surface area contributed by atoms with Crippen LogP contribution in [0, 0.1) is 0 Å². The van der Waals surface area contributed by atoms with Crippen molar-refractivity contribution in [3.8, 4) is 23.0 Å². The Morgan fingerprint density at radius 2 is 0.695 bits per heavy atom. The number of rotatable bonds is 10. The van der Waals surface area contributed by atoms with Crippen LogP contribution in [0.15, 0.2) is 121 Å². The van der Waals surface area contributed by atoms with Gasteiger partial charge >= 0.3 is 36.2 Å². The highest BCUT2D eigenvalue weighted by Gasteiger charge is 2.74. The third-order valence-electron chi connectivity index (χ3n) is 8.73. The summed E-state index contributed by atoms with van der Waals surface area (Å²) in [6, 6.07) is 23.1. The highest BCUT2D eigenvalue weighted by atomic mass is 19.4. The molecule has 6 rings (SSSR count). The van der Waals surface area contributed by atoms with Crippen molar-refractivity contribution in [1.82, 2.24) is 0 Å². The lowest BCUT2D eigenvalue weighted by Gasteiger charge is -2.39. The van der Waals surface area contributed by atoms with Crippen LogP contribution >= 0.6 is 0 Å². The summed E-state index contributed by atoms with van der Waals surface area (Å²) in [5.74, 6) is -7.23. The molecule has 0 radical (unpaired) electrons. The smallest absolute Gasteiger partial charge is 0.411 e. The van der Waals surface area contributed by atoms with Gasteiger partial charge in [-0.05, 0) is 84.9 Å². The number of nitrogens with two attached hydrogens (primary N) is 2. The van der Waals surface area contributed by atoms with Crippen molar-refractivity contribution < 1.29 is 75.4 Å². The van der Waals surface area contributed by atoms with E-state index in [1.54, 1.807) is 0 Å². The number of carboxylic acids is 4. The zero-order chi connectivity index (χ0) is 43.4. The quantitative estimate of drug-likeness (QED) is 0.0562. The van der Waals surface area contributed by atoms with Gasteiger partial charge in [0.2, 0.25) is 5.41 Å². The van der Waals surface area contributed by atoms with Gasteiger partial charge in [-0.15, -0.1) is 0 Å². The molecule has 6 aromatic rings. The Labute approximate surface area is 328 Å². The Kier molecular flexibility index (Phi) is 11.8. The number of carboxylic acid groups (broad SMARTS) is 4. The molecule has 0 aromatic heterocycles. The van der Waals surface area contributed by atoms with Gasteiger partial charge in [-0.3, -0.25) is 0 Å². The van der Waals surface area contributed by atoms with E-state index in [1.807, 2.05) is 0 Å². The van der Waals surface area contributed by atoms with Crippen LogP contribution < -0.4 is 20.9 Å². The fraction of sp³-hybridized carbons (Fsp3) is 0.0732. The Bertz CT molecular complexity index is 2330. The van der Waals surface area contributed by atoms with Gasteiger partial charge in [-0.1, -0.05) is 36.4 Å². The zero-order valence-corrected chi connectivity index (χ0v) is 29.7. The van der Waals surface area contributed by atoms with Crippen LogP contribution in [-0.4, -0.2) is 56.7 Å². The predicted octanol–water partition coefficient (Wildman–Crippen LogP) is 9.48. The molecule has 0 fully saturated rings. The van der Waals surface area contributed by atoms with Gasteiger partial charge in [0.15, 0.2) is 0 Å². The molecule has 0 saturated heterocycles. The second-order valence-electron chi connectivity index (χ2n) is 12.4. The lowest BCUT2D eigenvalue weighted by molar-refractivity contribution is -0.289. The van der Waals surface area contributed by atoms with Crippen molar-refractivity contribution in [3.63, 3.8) is 0 Å². The van der Waals surface area contributed by atoms with Crippen LogP contribution in [0.5, 0.6) is 23.0 Å². The summed E-state index contributed by atoms with van der Waals surface area (Å²) in [4.78, 5) is 45.1. The van der Waals surface area contributed by atoms with Gasteiger partial charge < -0.3 is 41.4 Å². The number of hydrogen-bond acceptors (Lipinski definition) is 8. The molecule has 304 valence electrons. The predicted molar refractivity (Wildman–Crippen MR) is 199 cm³/mol. The molecule has 18 heteroatoms. The highest BCUT2D eigenvalue weighted by Crippen LogP contribution is 2.60. The van der Waals surface area contributed by atoms with E-state index in [0.29, 0.717) is 11.4 Å². The lowest BCUT2D eigenvalue weighted by Crippen LogP contribution is -2.55. The molecule has 12 nitrogen and oxygen atoms in total. The number of aromatic carboxylic acids is 4. The van der Waals surface area contributed by atoms with Crippen molar-refractivity contribution in [3.05, 3.63) is 155 Å². The van der Waals surface area contributed by atoms with Crippen molar-refractivity contribution in [2.24, 2.45) is 0 Å². The molecule has 0 aliphatic rings. The number of alkyl halides is 6. The molecular weight excluding hydrogens is 794 g/mol.